The third-order valence-corrected chi connectivity index (χ3v) is 4.13. The van der Waals surface area contributed by atoms with Crippen molar-refractivity contribution < 1.29 is 24.6 Å². The first kappa shape index (κ1) is 17.6. The van der Waals surface area contributed by atoms with E-state index in [1.807, 2.05) is 0 Å². The topological polar surface area (TPSA) is 121 Å². The lowest BCUT2D eigenvalue weighted by Gasteiger charge is -2.08. The van der Waals surface area contributed by atoms with E-state index in [2.05, 4.69) is 26.2 Å². The summed E-state index contributed by atoms with van der Waals surface area (Å²) in [6.07, 6.45) is 1.68. The van der Waals surface area contributed by atoms with Crippen LogP contribution < -0.4 is 5.32 Å². The molecule has 3 rings (SSSR count). The molecule has 1 aromatic carbocycles. The number of rotatable bonds is 4. The van der Waals surface area contributed by atoms with E-state index in [0.717, 1.165) is 10.5 Å². The normalized spacial score (nSPS) is 10.7. The van der Waals surface area contributed by atoms with Gasteiger partial charge < -0.3 is 15.5 Å². The largest absolute Gasteiger partial charge is 0.478 e. The van der Waals surface area contributed by atoms with Crippen molar-refractivity contribution in [1.82, 2.24) is 9.38 Å². The number of aryl methyl sites for hydroxylation is 1. The van der Waals surface area contributed by atoms with Gasteiger partial charge in [0.25, 0.3) is 5.91 Å². The zero-order valence-corrected chi connectivity index (χ0v) is 14.9. The molecule has 2 heterocycles. The number of aromatic nitrogens is 2. The van der Waals surface area contributed by atoms with Gasteiger partial charge in [0.15, 0.2) is 0 Å². The van der Waals surface area contributed by atoms with E-state index >= 15 is 0 Å². The van der Waals surface area contributed by atoms with E-state index in [0.29, 0.717) is 11.3 Å². The molecule has 3 aromatic rings. The smallest absolute Gasteiger partial charge is 0.335 e. The molecule has 2 aromatic heterocycles. The molecule has 0 fully saturated rings. The number of hydrogen-bond acceptors (Lipinski definition) is 4. The summed E-state index contributed by atoms with van der Waals surface area (Å²) in [5.74, 6) is -3.12. The average Bonchev–Trinajstić information content (AvgIpc) is 2.89. The molecular formula is C17H12BrN3O5. The molecule has 0 spiro atoms. The number of aromatic carboxylic acids is 2. The van der Waals surface area contributed by atoms with Crippen LogP contribution in [0.15, 0.2) is 41.0 Å². The molecule has 0 aliphatic heterocycles. The minimum atomic E-state index is -1.29. The van der Waals surface area contributed by atoms with E-state index in [1.54, 1.807) is 29.7 Å². The van der Waals surface area contributed by atoms with Crippen molar-refractivity contribution in [2.24, 2.45) is 0 Å². The van der Waals surface area contributed by atoms with Gasteiger partial charge in [0.1, 0.15) is 11.3 Å². The number of carboxylic acids is 2. The van der Waals surface area contributed by atoms with Crippen molar-refractivity contribution in [2.75, 3.05) is 5.32 Å². The zero-order chi connectivity index (χ0) is 19.0. The number of imidazole rings is 1. The molecular weight excluding hydrogens is 406 g/mol. The van der Waals surface area contributed by atoms with Crippen molar-refractivity contribution in [3.05, 3.63) is 63.5 Å². The molecule has 0 unspecified atom stereocenters. The molecule has 3 N–H and O–H groups in total. The highest BCUT2D eigenvalue weighted by atomic mass is 79.9. The second kappa shape index (κ2) is 6.60. The third-order valence-electron chi connectivity index (χ3n) is 3.66. The molecule has 8 nitrogen and oxygen atoms in total. The number of pyridine rings is 1. The number of hydrogen-bond donors (Lipinski definition) is 3. The second-order valence-corrected chi connectivity index (χ2v) is 6.40. The highest BCUT2D eigenvalue weighted by Gasteiger charge is 2.19. The molecule has 0 bridgehead atoms. The van der Waals surface area contributed by atoms with Gasteiger partial charge in [-0.3, -0.25) is 9.20 Å². The van der Waals surface area contributed by atoms with Gasteiger partial charge in [-0.15, -0.1) is 0 Å². The van der Waals surface area contributed by atoms with Crippen LogP contribution in [0.25, 0.3) is 5.65 Å². The van der Waals surface area contributed by atoms with Gasteiger partial charge in [-0.25, -0.2) is 14.6 Å². The zero-order valence-electron chi connectivity index (χ0n) is 13.4. The average molecular weight is 418 g/mol. The molecule has 0 saturated heterocycles. The first-order valence-electron chi connectivity index (χ1n) is 7.33. The molecule has 26 heavy (non-hydrogen) atoms. The summed E-state index contributed by atoms with van der Waals surface area (Å²) in [4.78, 5) is 39.4. The number of benzene rings is 1. The Morgan fingerprint density at radius 3 is 2.27 bits per heavy atom. The van der Waals surface area contributed by atoms with Crippen molar-refractivity contribution in [3.63, 3.8) is 0 Å². The summed E-state index contributed by atoms with van der Waals surface area (Å²) in [6, 6.07) is 6.94. The fraction of sp³-hybridized carbons (Fsp3) is 0.0588. The number of amides is 1. The number of carbonyl (C=O) groups is 3. The standard InChI is InChI=1S/C17H12BrN3O5/c1-8-14(21-7-11(18)2-3-13(21)19-8)15(22)20-12-5-9(16(23)24)4-10(6-12)17(25)26/h2-7H,1H3,(H,20,22)(H,23,24)(H,25,26). The highest BCUT2D eigenvalue weighted by molar-refractivity contribution is 9.10. The van der Waals surface area contributed by atoms with Crippen LogP contribution in [0.1, 0.15) is 36.9 Å². The molecule has 1 amide bonds. The van der Waals surface area contributed by atoms with Crippen LogP contribution >= 0.6 is 15.9 Å². The fourth-order valence-corrected chi connectivity index (χ4v) is 2.88. The Bertz CT molecular complexity index is 1040. The Balaban J connectivity index is 2.03. The van der Waals surface area contributed by atoms with Crippen LogP contribution in [0.4, 0.5) is 5.69 Å². The maximum atomic E-state index is 12.7. The van der Waals surface area contributed by atoms with Crippen molar-refractivity contribution in [1.29, 1.82) is 0 Å². The number of carboxylic acid groups (broad SMARTS) is 2. The van der Waals surface area contributed by atoms with E-state index in [9.17, 15) is 14.4 Å². The Morgan fingerprint density at radius 2 is 1.69 bits per heavy atom. The van der Waals surface area contributed by atoms with Crippen LogP contribution in [0.3, 0.4) is 0 Å². The fourth-order valence-electron chi connectivity index (χ4n) is 2.55. The van der Waals surface area contributed by atoms with Crippen LogP contribution in [0.2, 0.25) is 0 Å². The van der Waals surface area contributed by atoms with Crippen LogP contribution in [0.5, 0.6) is 0 Å². The van der Waals surface area contributed by atoms with Gasteiger partial charge in [-0.05, 0) is 53.2 Å². The van der Waals surface area contributed by atoms with Gasteiger partial charge >= 0.3 is 11.9 Å². The van der Waals surface area contributed by atoms with Crippen molar-refractivity contribution in [2.45, 2.75) is 6.92 Å². The van der Waals surface area contributed by atoms with Gasteiger partial charge in [0.05, 0.1) is 16.8 Å². The SMILES string of the molecule is Cc1nc2ccc(Br)cn2c1C(=O)Nc1cc(C(=O)O)cc(C(=O)O)c1. The minimum absolute atomic E-state index is 0.0663. The lowest BCUT2D eigenvalue weighted by atomic mass is 10.1. The summed E-state index contributed by atoms with van der Waals surface area (Å²) >= 11 is 3.33. The molecule has 0 aliphatic rings. The summed E-state index contributed by atoms with van der Waals surface area (Å²) in [6.45, 7) is 1.67. The Hall–Kier alpha value is -3.20. The Morgan fingerprint density at radius 1 is 1.08 bits per heavy atom. The number of anilines is 1. The van der Waals surface area contributed by atoms with Crippen molar-refractivity contribution in [3.8, 4) is 0 Å². The lowest BCUT2D eigenvalue weighted by Crippen LogP contribution is -2.16. The van der Waals surface area contributed by atoms with E-state index < -0.39 is 17.8 Å². The van der Waals surface area contributed by atoms with Gasteiger partial charge in [0, 0.05) is 16.4 Å². The summed E-state index contributed by atoms with van der Waals surface area (Å²) in [5, 5.41) is 20.8. The predicted molar refractivity (Wildman–Crippen MR) is 95.9 cm³/mol. The maximum Gasteiger partial charge on any atom is 0.335 e. The molecule has 0 aliphatic carbocycles. The van der Waals surface area contributed by atoms with Gasteiger partial charge in [-0.2, -0.15) is 0 Å². The number of carbonyl (C=O) groups excluding carboxylic acids is 1. The van der Waals surface area contributed by atoms with Crippen LogP contribution in [-0.4, -0.2) is 37.4 Å². The molecule has 132 valence electrons. The molecule has 0 saturated carbocycles. The Kier molecular flexibility index (Phi) is 4.47. The predicted octanol–water partition coefficient (Wildman–Crippen LogP) is 3.05. The molecule has 9 heteroatoms. The summed E-state index contributed by atoms with van der Waals surface area (Å²) in [7, 11) is 0. The molecule has 0 radical (unpaired) electrons. The maximum absolute atomic E-state index is 12.7. The number of fused-ring (bicyclic) bond motifs is 1. The first-order chi connectivity index (χ1) is 12.3. The monoisotopic (exact) mass is 417 g/mol. The lowest BCUT2D eigenvalue weighted by molar-refractivity contribution is 0.0696. The van der Waals surface area contributed by atoms with Gasteiger partial charge in [-0.1, -0.05) is 0 Å². The van der Waals surface area contributed by atoms with Crippen LogP contribution in [-0.2, 0) is 0 Å². The first-order valence-corrected chi connectivity index (χ1v) is 8.13. The van der Waals surface area contributed by atoms with E-state index in [-0.39, 0.29) is 22.5 Å². The number of nitrogens with one attached hydrogen (secondary N) is 1. The number of halogens is 1. The quantitative estimate of drug-likeness (QED) is 0.599. The van der Waals surface area contributed by atoms with Crippen molar-refractivity contribution >= 4 is 45.1 Å². The van der Waals surface area contributed by atoms with E-state index in [1.165, 1.54) is 12.1 Å². The third kappa shape index (κ3) is 3.29. The number of nitrogens with zero attached hydrogens (tertiary/aromatic N) is 2. The minimum Gasteiger partial charge on any atom is -0.478 e. The van der Waals surface area contributed by atoms with E-state index in [4.69, 9.17) is 10.2 Å². The summed E-state index contributed by atoms with van der Waals surface area (Å²) in [5.41, 5.74) is 0.904. The highest BCUT2D eigenvalue weighted by Crippen LogP contribution is 2.20. The Labute approximate surface area is 155 Å². The van der Waals surface area contributed by atoms with Gasteiger partial charge in [0.2, 0.25) is 0 Å². The second-order valence-electron chi connectivity index (χ2n) is 5.48. The van der Waals surface area contributed by atoms with Crippen LogP contribution in [0, 0.1) is 6.92 Å². The molecule has 0 atom stereocenters. The summed E-state index contributed by atoms with van der Waals surface area (Å²) < 4.78 is 2.34.